The van der Waals surface area contributed by atoms with Crippen molar-refractivity contribution in [3.63, 3.8) is 0 Å². The number of pyridine rings is 1. The Bertz CT molecular complexity index is 652. The summed E-state index contributed by atoms with van der Waals surface area (Å²) < 4.78 is 20.2. The third-order valence-corrected chi connectivity index (χ3v) is 3.49. The van der Waals surface area contributed by atoms with Gasteiger partial charge in [0.25, 0.3) is 0 Å². The van der Waals surface area contributed by atoms with Crippen molar-refractivity contribution < 1.29 is 9.13 Å². The van der Waals surface area contributed by atoms with Crippen LogP contribution in [0.3, 0.4) is 0 Å². The lowest BCUT2D eigenvalue weighted by atomic mass is 10.2. The Kier molecular flexibility index (Phi) is 6.09. The van der Waals surface area contributed by atoms with Gasteiger partial charge in [0.2, 0.25) is 0 Å². The number of nitrogens with one attached hydrogen (secondary N) is 2. The molecule has 0 fully saturated rings. The molecule has 22 heavy (non-hydrogen) atoms. The molecule has 0 spiro atoms. The number of nitrogens with zero attached hydrogens (tertiary/aromatic N) is 1. The molecule has 0 aliphatic heterocycles. The van der Waals surface area contributed by atoms with E-state index in [4.69, 9.17) is 17.0 Å². The lowest BCUT2D eigenvalue weighted by Crippen LogP contribution is -2.28. The van der Waals surface area contributed by atoms with Crippen LogP contribution in [-0.4, -0.2) is 16.7 Å². The number of hydrogen-bond donors (Lipinski definition) is 2. The van der Waals surface area contributed by atoms with Gasteiger partial charge in [0.05, 0.1) is 6.61 Å². The smallest absolute Gasteiger partial charge is 0.172 e. The zero-order valence-corrected chi connectivity index (χ0v) is 14.3. The van der Waals surface area contributed by atoms with Crippen molar-refractivity contribution in [3.8, 4) is 5.75 Å². The standard InChI is InChI=1S/C15H15BrFN3OS/c1-2-21-13-5-3-4-12(17)11(13)9-19-15(22)20-14-7-6-10(16)8-18-14/h3-8H,2,9H2,1H3,(H2,18,19,20,22). The highest BCUT2D eigenvalue weighted by molar-refractivity contribution is 9.10. The maximum atomic E-state index is 13.9. The van der Waals surface area contributed by atoms with Crippen LogP contribution in [0.2, 0.25) is 0 Å². The number of aromatic nitrogens is 1. The molecule has 2 aromatic rings. The maximum Gasteiger partial charge on any atom is 0.172 e. The second-order valence-corrected chi connectivity index (χ2v) is 5.64. The van der Waals surface area contributed by atoms with E-state index in [-0.39, 0.29) is 12.4 Å². The molecule has 1 aromatic heterocycles. The molecular weight excluding hydrogens is 369 g/mol. The van der Waals surface area contributed by atoms with E-state index < -0.39 is 0 Å². The van der Waals surface area contributed by atoms with Crippen LogP contribution in [0.25, 0.3) is 0 Å². The van der Waals surface area contributed by atoms with Crippen LogP contribution < -0.4 is 15.4 Å². The number of ether oxygens (including phenoxy) is 1. The van der Waals surface area contributed by atoms with E-state index >= 15 is 0 Å². The van der Waals surface area contributed by atoms with Gasteiger partial charge in [-0.05, 0) is 59.3 Å². The second kappa shape index (κ2) is 8.05. The Hall–Kier alpha value is -1.73. The Labute approximate surface area is 142 Å². The van der Waals surface area contributed by atoms with Gasteiger partial charge in [-0.15, -0.1) is 0 Å². The van der Waals surface area contributed by atoms with E-state index in [1.165, 1.54) is 6.07 Å². The van der Waals surface area contributed by atoms with Gasteiger partial charge in [0.1, 0.15) is 17.4 Å². The summed E-state index contributed by atoms with van der Waals surface area (Å²) in [6.07, 6.45) is 1.66. The van der Waals surface area contributed by atoms with E-state index in [9.17, 15) is 4.39 Å². The van der Waals surface area contributed by atoms with Crippen molar-refractivity contribution in [2.24, 2.45) is 0 Å². The topological polar surface area (TPSA) is 46.2 Å². The van der Waals surface area contributed by atoms with E-state index in [1.807, 2.05) is 13.0 Å². The first kappa shape index (κ1) is 16.6. The quantitative estimate of drug-likeness (QED) is 0.767. The molecule has 0 amide bonds. The minimum Gasteiger partial charge on any atom is -0.493 e. The van der Waals surface area contributed by atoms with Crippen LogP contribution in [0.1, 0.15) is 12.5 Å². The zero-order chi connectivity index (χ0) is 15.9. The minimum absolute atomic E-state index is 0.227. The van der Waals surface area contributed by atoms with Gasteiger partial charge in [0, 0.05) is 22.8 Å². The van der Waals surface area contributed by atoms with Gasteiger partial charge in [-0.2, -0.15) is 0 Å². The first-order chi connectivity index (χ1) is 10.6. The first-order valence-electron chi connectivity index (χ1n) is 6.66. The van der Waals surface area contributed by atoms with Gasteiger partial charge in [-0.25, -0.2) is 9.37 Å². The van der Waals surface area contributed by atoms with Crippen LogP contribution in [0, 0.1) is 5.82 Å². The van der Waals surface area contributed by atoms with E-state index in [1.54, 1.807) is 24.4 Å². The third kappa shape index (κ3) is 4.64. The van der Waals surface area contributed by atoms with Crippen molar-refractivity contribution in [2.45, 2.75) is 13.5 Å². The van der Waals surface area contributed by atoms with Crippen LogP contribution in [0.15, 0.2) is 41.0 Å². The summed E-state index contributed by atoms with van der Waals surface area (Å²) in [5.41, 5.74) is 0.442. The van der Waals surface area contributed by atoms with E-state index in [0.717, 1.165) is 4.47 Å². The Morgan fingerprint density at radius 1 is 1.36 bits per heavy atom. The normalized spacial score (nSPS) is 10.1. The lowest BCUT2D eigenvalue weighted by Gasteiger charge is -2.14. The van der Waals surface area contributed by atoms with E-state index in [2.05, 4.69) is 31.5 Å². The van der Waals surface area contributed by atoms with Gasteiger partial charge >= 0.3 is 0 Å². The molecule has 7 heteroatoms. The number of benzene rings is 1. The number of hydrogen-bond acceptors (Lipinski definition) is 3. The van der Waals surface area contributed by atoms with Crippen LogP contribution in [0.5, 0.6) is 5.75 Å². The van der Waals surface area contributed by atoms with Crippen molar-refractivity contribution in [1.29, 1.82) is 0 Å². The molecule has 0 saturated carbocycles. The molecule has 1 aromatic carbocycles. The van der Waals surface area contributed by atoms with Crippen molar-refractivity contribution >= 4 is 39.1 Å². The fraction of sp³-hybridized carbons (Fsp3) is 0.200. The summed E-state index contributed by atoms with van der Waals surface area (Å²) in [4.78, 5) is 4.15. The van der Waals surface area contributed by atoms with Gasteiger partial charge in [-0.3, -0.25) is 0 Å². The molecule has 0 aliphatic carbocycles. The molecule has 116 valence electrons. The highest BCUT2D eigenvalue weighted by atomic mass is 79.9. The fourth-order valence-corrected chi connectivity index (χ4v) is 2.19. The summed E-state index contributed by atoms with van der Waals surface area (Å²) in [6.45, 7) is 2.56. The molecule has 0 aliphatic rings. The largest absolute Gasteiger partial charge is 0.493 e. The number of rotatable bonds is 5. The zero-order valence-electron chi connectivity index (χ0n) is 11.9. The third-order valence-electron chi connectivity index (χ3n) is 2.77. The molecule has 2 N–H and O–H groups in total. The van der Waals surface area contributed by atoms with Crippen LogP contribution in [0.4, 0.5) is 10.2 Å². The summed E-state index contributed by atoms with van der Waals surface area (Å²) in [6, 6.07) is 8.38. The van der Waals surface area contributed by atoms with Crippen molar-refractivity contribution in [2.75, 3.05) is 11.9 Å². The van der Waals surface area contributed by atoms with Crippen LogP contribution in [-0.2, 0) is 6.54 Å². The van der Waals surface area contributed by atoms with Crippen molar-refractivity contribution in [1.82, 2.24) is 10.3 Å². The highest BCUT2D eigenvalue weighted by Crippen LogP contribution is 2.21. The number of thiocarbonyl (C=S) groups is 1. The molecule has 0 unspecified atom stereocenters. The predicted molar refractivity (Wildman–Crippen MR) is 92.6 cm³/mol. The molecular formula is C15H15BrFN3OS. The molecule has 2 rings (SSSR count). The Morgan fingerprint density at radius 2 is 2.18 bits per heavy atom. The Morgan fingerprint density at radius 3 is 2.86 bits per heavy atom. The van der Waals surface area contributed by atoms with Gasteiger partial charge in [0.15, 0.2) is 5.11 Å². The summed E-state index contributed by atoms with van der Waals surface area (Å²) in [5.74, 6) is 0.793. The lowest BCUT2D eigenvalue weighted by molar-refractivity contribution is 0.333. The average molecular weight is 384 g/mol. The number of halogens is 2. The second-order valence-electron chi connectivity index (χ2n) is 4.32. The highest BCUT2D eigenvalue weighted by Gasteiger charge is 2.10. The minimum atomic E-state index is -0.331. The van der Waals surface area contributed by atoms with Crippen LogP contribution >= 0.6 is 28.1 Å². The maximum absolute atomic E-state index is 13.9. The molecule has 0 radical (unpaired) electrons. The van der Waals surface area contributed by atoms with Gasteiger partial charge in [-0.1, -0.05) is 6.07 Å². The van der Waals surface area contributed by atoms with Gasteiger partial charge < -0.3 is 15.4 Å². The van der Waals surface area contributed by atoms with Crippen molar-refractivity contribution in [3.05, 3.63) is 52.4 Å². The molecule has 0 saturated heterocycles. The van der Waals surface area contributed by atoms with E-state index in [0.29, 0.717) is 28.9 Å². The number of anilines is 1. The predicted octanol–water partition coefficient (Wildman–Crippen LogP) is 3.87. The average Bonchev–Trinajstić information content (AvgIpc) is 2.49. The molecule has 1 heterocycles. The summed E-state index contributed by atoms with van der Waals surface area (Å²) in [7, 11) is 0. The SMILES string of the molecule is CCOc1cccc(F)c1CNC(=S)Nc1ccc(Br)cn1. The Balaban J connectivity index is 1.97. The molecule has 0 atom stereocenters. The summed E-state index contributed by atoms with van der Waals surface area (Å²) in [5, 5.41) is 6.25. The summed E-state index contributed by atoms with van der Waals surface area (Å²) >= 11 is 8.49. The first-order valence-corrected chi connectivity index (χ1v) is 7.87. The monoisotopic (exact) mass is 383 g/mol. The molecule has 4 nitrogen and oxygen atoms in total. The molecule has 0 bridgehead atoms. The fourth-order valence-electron chi connectivity index (χ4n) is 1.78.